The summed E-state index contributed by atoms with van der Waals surface area (Å²) >= 11 is 7.68. The Labute approximate surface area is 140 Å². The molecule has 0 aliphatic heterocycles. The summed E-state index contributed by atoms with van der Waals surface area (Å²) in [6.45, 7) is 0.699. The second-order valence-corrected chi connectivity index (χ2v) is 7.15. The standard InChI is InChI=1S/C18H20ClNOS/c19-16-5-3-15(4-6-16)18(9-1-2-10-18)17(21)20-11-7-14-8-12-22-13-14/h3-6,8,12-13H,1-2,7,9-11H2,(H,20,21). The smallest absolute Gasteiger partial charge is 0.230 e. The Morgan fingerprint density at radius 3 is 2.55 bits per heavy atom. The molecular weight excluding hydrogens is 314 g/mol. The molecular formula is C18H20ClNOS. The van der Waals surface area contributed by atoms with Crippen molar-refractivity contribution in [3.8, 4) is 0 Å². The summed E-state index contributed by atoms with van der Waals surface area (Å²) in [4.78, 5) is 12.8. The summed E-state index contributed by atoms with van der Waals surface area (Å²) in [5, 5.41) is 8.08. The molecule has 22 heavy (non-hydrogen) atoms. The van der Waals surface area contributed by atoms with Crippen molar-refractivity contribution in [2.75, 3.05) is 6.54 Å². The van der Waals surface area contributed by atoms with Crippen LogP contribution in [-0.4, -0.2) is 12.5 Å². The largest absolute Gasteiger partial charge is 0.355 e. The Balaban J connectivity index is 1.70. The van der Waals surface area contributed by atoms with Crippen LogP contribution in [-0.2, 0) is 16.6 Å². The lowest BCUT2D eigenvalue weighted by atomic mass is 9.78. The zero-order valence-electron chi connectivity index (χ0n) is 12.5. The fourth-order valence-corrected chi connectivity index (χ4v) is 4.15. The van der Waals surface area contributed by atoms with Crippen LogP contribution in [0.25, 0.3) is 0 Å². The summed E-state index contributed by atoms with van der Waals surface area (Å²) < 4.78 is 0. The van der Waals surface area contributed by atoms with E-state index >= 15 is 0 Å². The van der Waals surface area contributed by atoms with Crippen molar-refractivity contribution in [2.24, 2.45) is 0 Å². The lowest BCUT2D eigenvalue weighted by molar-refractivity contribution is -0.126. The first kappa shape index (κ1) is 15.6. The molecule has 1 fully saturated rings. The molecule has 1 heterocycles. The van der Waals surface area contributed by atoms with Crippen LogP contribution in [0.1, 0.15) is 36.8 Å². The molecule has 4 heteroatoms. The molecule has 0 atom stereocenters. The summed E-state index contributed by atoms with van der Waals surface area (Å²) in [7, 11) is 0. The van der Waals surface area contributed by atoms with Crippen molar-refractivity contribution < 1.29 is 4.79 Å². The van der Waals surface area contributed by atoms with Gasteiger partial charge in [0.15, 0.2) is 0 Å². The van der Waals surface area contributed by atoms with E-state index in [1.807, 2.05) is 24.3 Å². The maximum absolute atomic E-state index is 12.8. The Morgan fingerprint density at radius 1 is 1.18 bits per heavy atom. The predicted molar refractivity (Wildman–Crippen MR) is 92.6 cm³/mol. The monoisotopic (exact) mass is 333 g/mol. The van der Waals surface area contributed by atoms with Gasteiger partial charge in [-0.1, -0.05) is 36.6 Å². The molecule has 1 aliphatic carbocycles. The van der Waals surface area contributed by atoms with E-state index in [0.717, 1.165) is 42.7 Å². The number of rotatable bonds is 5. The van der Waals surface area contributed by atoms with Gasteiger partial charge in [-0.15, -0.1) is 0 Å². The van der Waals surface area contributed by atoms with Gasteiger partial charge in [-0.2, -0.15) is 11.3 Å². The molecule has 1 saturated carbocycles. The predicted octanol–water partition coefficient (Wildman–Crippen LogP) is 4.57. The molecule has 116 valence electrons. The topological polar surface area (TPSA) is 29.1 Å². The van der Waals surface area contributed by atoms with Crippen LogP contribution >= 0.6 is 22.9 Å². The summed E-state index contributed by atoms with van der Waals surface area (Å²) in [5.41, 5.74) is 2.03. The molecule has 1 amide bonds. The average Bonchev–Trinajstić information content (AvgIpc) is 3.20. The second-order valence-electron chi connectivity index (χ2n) is 5.93. The maximum Gasteiger partial charge on any atom is 0.230 e. The van der Waals surface area contributed by atoms with Crippen LogP contribution in [0.3, 0.4) is 0 Å². The van der Waals surface area contributed by atoms with Crippen molar-refractivity contribution >= 4 is 28.8 Å². The molecule has 0 saturated heterocycles. The highest BCUT2D eigenvalue weighted by Crippen LogP contribution is 2.41. The van der Waals surface area contributed by atoms with Crippen molar-refractivity contribution in [2.45, 2.75) is 37.5 Å². The van der Waals surface area contributed by atoms with E-state index in [0.29, 0.717) is 6.54 Å². The first-order chi connectivity index (χ1) is 10.7. The van der Waals surface area contributed by atoms with Gasteiger partial charge in [0.1, 0.15) is 0 Å². The summed E-state index contributed by atoms with van der Waals surface area (Å²) in [6, 6.07) is 9.89. The van der Waals surface area contributed by atoms with E-state index in [1.165, 1.54) is 5.56 Å². The zero-order valence-corrected chi connectivity index (χ0v) is 14.1. The van der Waals surface area contributed by atoms with E-state index in [2.05, 4.69) is 22.1 Å². The van der Waals surface area contributed by atoms with Gasteiger partial charge in [0.05, 0.1) is 5.41 Å². The minimum Gasteiger partial charge on any atom is -0.355 e. The lowest BCUT2D eigenvalue weighted by Crippen LogP contribution is -2.43. The molecule has 0 radical (unpaired) electrons. The van der Waals surface area contributed by atoms with Crippen LogP contribution in [0.15, 0.2) is 41.1 Å². The molecule has 1 aromatic carbocycles. The molecule has 0 unspecified atom stereocenters. The molecule has 0 bridgehead atoms. The van der Waals surface area contributed by atoms with Crippen LogP contribution in [0.5, 0.6) is 0 Å². The molecule has 3 rings (SSSR count). The Bertz CT molecular complexity index is 615. The highest BCUT2D eigenvalue weighted by Gasteiger charge is 2.42. The third-order valence-corrected chi connectivity index (χ3v) is 5.55. The minimum atomic E-state index is -0.362. The normalized spacial score (nSPS) is 16.6. The van der Waals surface area contributed by atoms with Gasteiger partial charge >= 0.3 is 0 Å². The zero-order chi connectivity index (χ0) is 15.4. The molecule has 0 spiro atoms. The maximum atomic E-state index is 12.8. The number of carbonyl (C=O) groups is 1. The van der Waals surface area contributed by atoms with Crippen LogP contribution in [0, 0.1) is 0 Å². The van der Waals surface area contributed by atoms with Gasteiger partial charge in [-0.25, -0.2) is 0 Å². The number of carbonyl (C=O) groups excluding carboxylic acids is 1. The van der Waals surface area contributed by atoms with Gasteiger partial charge in [0.25, 0.3) is 0 Å². The summed E-state index contributed by atoms with van der Waals surface area (Å²) in [6.07, 6.45) is 4.98. The molecule has 1 N–H and O–H groups in total. The van der Waals surface area contributed by atoms with Crippen molar-refractivity contribution in [3.63, 3.8) is 0 Å². The number of halogens is 1. The highest BCUT2D eigenvalue weighted by molar-refractivity contribution is 7.07. The van der Waals surface area contributed by atoms with Crippen LogP contribution in [0.2, 0.25) is 5.02 Å². The van der Waals surface area contributed by atoms with Gasteiger partial charge in [-0.3, -0.25) is 4.79 Å². The lowest BCUT2D eigenvalue weighted by Gasteiger charge is -2.28. The van der Waals surface area contributed by atoms with Crippen LogP contribution in [0.4, 0.5) is 0 Å². The highest BCUT2D eigenvalue weighted by atomic mass is 35.5. The fourth-order valence-electron chi connectivity index (χ4n) is 3.32. The van der Waals surface area contributed by atoms with E-state index < -0.39 is 0 Å². The van der Waals surface area contributed by atoms with Gasteiger partial charge < -0.3 is 5.32 Å². The fraction of sp³-hybridized carbons (Fsp3) is 0.389. The molecule has 2 nitrogen and oxygen atoms in total. The molecule has 2 aromatic rings. The van der Waals surface area contributed by atoms with E-state index in [9.17, 15) is 4.79 Å². The van der Waals surface area contributed by atoms with Crippen LogP contribution < -0.4 is 5.32 Å². The third kappa shape index (κ3) is 3.21. The van der Waals surface area contributed by atoms with E-state index in [4.69, 9.17) is 11.6 Å². The van der Waals surface area contributed by atoms with Crippen molar-refractivity contribution in [1.29, 1.82) is 0 Å². The number of benzene rings is 1. The third-order valence-electron chi connectivity index (χ3n) is 4.57. The van der Waals surface area contributed by atoms with Crippen molar-refractivity contribution in [3.05, 3.63) is 57.2 Å². The Kier molecular flexibility index (Phi) is 4.84. The number of amides is 1. The molecule has 1 aliphatic rings. The summed E-state index contributed by atoms with van der Waals surface area (Å²) in [5.74, 6) is 0.169. The quantitative estimate of drug-likeness (QED) is 0.853. The van der Waals surface area contributed by atoms with E-state index in [1.54, 1.807) is 11.3 Å². The van der Waals surface area contributed by atoms with E-state index in [-0.39, 0.29) is 11.3 Å². The number of hydrogen-bond donors (Lipinski definition) is 1. The SMILES string of the molecule is O=C(NCCc1ccsc1)C1(c2ccc(Cl)cc2)CCCC1. The Hall–Kier alpha value is -1.32. The first-order valence-electron chi connectivity index (χ1n) is 7.76. The first-order valence-corrected chi connectivity index (χ1v) is 9.08. The minimum absolute atomic E-state index is 0.169. The molecule has 1 aromatic heterocycles. The number of nitrogens with one attached hydrogen (secondary N) is 1. The van der Waals surface area contributed by atoms with Gasteiger partial charge in [-0.05, 0) is 59.3 Å². The number of hydrogen-bond acceptors (Lipinski definition) is 2. The van der Waals surface area contributed by atoms with Gasteiger partial charge in [0.2, 0.25) is 5.91 Å². The Morgan fingerprint density at radius 2 is 1.91 bits per heavy atom. The van der Waals surface area contributed by atoms with Crippen molar-refractivity contribution in [1.82, 2.24) is 5.32 Å². The second kappa shape index (κ2) is 6.84. The van der Waals surface area contributed by atoms with Gasteiger partial charge in [0, 0.05) is 11.6 Å². The average molecular weight is 334 g/mol. The number of thiophene rings is 1.